The van der Waals surface area contributed by atoms with E-state index < -0.39 is 30.1 Å². The molecule has 0 unspecified atom stereocenters. The minimum absolute atomic E-state index is 0.00411. The maximum Gasteiger partial charge on any atom is 0.412 e. The summed E-state index contributed by atoms with van der Waals surface area (Å²) in [7, 11) is 2.92. The van der Waals surface area contributed by atoms with Gasteiger partial charge in [0.15, 0.2) is 11.9 Å². The maximum atomic E-state index is 12.8. The van der Waals surface area contributed by atoms with Crippen LogP contribution in [0, 0.1) is 0 Å². The summed E-state index contributed by atoms with van der Waals surface area (Å²) in [6.07, 6.45) is -0.170. The lowest BCUT2D eigenvalue weighted by Crippen LogP contribution is -2.48. The van der Waals surface area contributed by atoms with Crippen LogP contribution in [-0.4, -0.2) is 58.7 Å². The van der Waals surface area contributed by atoms with E-state index in [1.165, 1.54) is 24.9 Å². The summed E-state index contributed by atoms with van der Waals surface area (Å²) in [5, 5.41) is 18.4. The summed E-state index contributed by atoms with van der Waals surface area (Å²) in [4.78, 5) is 36.9. The van der Waals surface area contributed by atoms with E-state index in [-0.39, 0.29) is 23.9 Å². The van der Waals surface area contributed by atoms with Crippen molar-refractivity contribution in [1.29, 1.82) is 0 Å². The number of amides is 2. The molecule has 10 nitrogen and oxygen atoms in total. The first-order valence-corrected chi connectivity index (χ1v) is 11.0. The Labute approximate surface area is 201 Å². The molecule has 2 atom stereocenters. The number of aliphatic carboxylic acids is 1. The van der Waals surface area contributed by atoms with Crippen LogP contribution in [0.2, 0.25) is 0 Å². The molecule has 1 aromatic heterocycles. The van der Waals surface area contributed by atoms with Crippen molar-refractivity contribution in [3.8, 4) is 11.1 Å². The topological polar surface area (TPSA) is 132 Å². The normalized spacial score (nSPS) is 13.9. The van der Waals surface area contributed by atoms with Crippen LogP contribution >= 0.6 is 0 Å². The Balaban J connectivity index is 1.45. The van der Waals surface area contributed by atoms with Crippen LogP contribution in [-0.2, 0) is 21.3 Å². The second kappa shape index (κ2) is 9.98. The van der Waals surface area contributed by atoms with E-state index >= 15 is 0 Å². The van der Waals surface area contributed by atoms with Crippen LogP contribution in [0.5, 0.6) is 0 Å². The van der Waals surface area contributed by atoms with E-state index in [1.54, 1.807) is 7.05 Å². The van der Waals surface area contributed by atoms with E-state index in [2.05, 4.69) is 15.7 Å². The number of aromatic nitrogens is 2. The van der Waals surface area contributed by atoms with Crippen LogP contribution in [0.25, 0.3) is 11.1 Å². The van der Waals surface area contributed by atoms with Gasteiger partial charge >= 0.3 is 12.1 Å². The first-order valence-electron chi connectivity index (χ1n) is 11.0. The van der Waals surface area contributed by atoms with Crippen molar-refractivity contribution in [1.82, 2.24) is 15.1 Å². The van der Waals surface area contributed by atoms with Gasteiger partial charge in [0.1, 0.15) is 12.2 Å². The van der Waals surface area contributed by atoms with Gasteiger partial charge < -0.3 is 19.9 Å². The molecule has 2 aromatic carbocycles. The Hall–Kier alpha value is -4.18. The molecular formula is C25H26N4O6. The highest BCUT2D eigenvalue weighted by atomic mass is 16.5. The number of rotatable bonds is 8. The number of nitrogens with zero attached hydrogens (tertiary/aromatic N) is 2. The Kier molecular flexibility index (Phi) is 6.83. The summed E-state index contributed by atoms with van der Waals surface area (Å²) in [5.74, 6) is -2.13. The van der Waals surface area contributed by atoms with Gasteiger partial charge in [0.25, 0.3) is 5.91 Å². The minimum atomic E-state index is -1.28. The quantitative estimate of drug-likeness (QED) is 0.453. The monoisotopic (exact) mass is 478 g/mol. The van der Waals surface area contributed by atoms with Crippen molar-refractivity contribution < 1.29 is 29.0 Å². The zero-order chi connectivity index (χ0) is 25.1. The van der Waals surface area contributed by atoms with E-state index in [4.69, 9.17) is 9.47 Å². The zero-order valence-corrected chi connectivity index (χ0v) is 19.5. The number of benzene rings is 2. The van der Waals surface area contributed by atoms with Crippen LogP contribution in [0.3, 0.4) is 0 Å². The molecule has 0 bridgehead atoms. The third-order valence-electron chi connectivity index (χ3n) is 6.03. The molecule has 2 amide bonds. The van der Waals surface area contributed by atoms with Gasteiger partial charge in [-0.3, -0.25) is 14.8 Å². The van der Waals surface area contributed by atoms with Gasteiger partial charge in [0.2, 0.25) is 0 Å². The van der Waals surface area contributed by atoms with Crippen molar-refractivity contribution in [3.05, 3.63) is 71.4 Å². The van der Waals surface area contributed by atoms with Crippen LogP contribution in [0.1, 0.15) is 34.3 Å². The Morgan fingerprint density at radius 3 is 2.26 bits per heavy atom. The predicted molar refractivity (Wildman–Crippen MR) is 127 cm³/mol. The summed E-state index contributed by atoms with van der Waals surface area (Å²) >= 11 is 0. The number of carbonyl (C=O) groups excluding carboxylic acids is 2. The number of hydrogen-bond acceptors (Lipinski definition) is 6. The standard InChI is InChI=1S/C25H26N4O6/c1-14(34-3)21(24(31)32)26-23(30)19-12-29(2)28-22(19)27-25(33)35-13-20-17-10-6-4-8-15(17)16-9-5-7-11-18(16)20/h4-12,14,20-21H,13H2,1-3H3,(H,26,30)(H,31,32)(H,27,28,33)/t14-,21+/m1/s1. The molecule has 0 radical (unpaired) electrons. The lowest BCUT2D eigenvalue weighted by atomic mass is 9.98. The Morgan fingerprint density at radius 2 is 1.69 bits per heavy atom. The van der Waals surface area contributed by atoms with Crippen molar-refractivity contribution in [3.63, 3.8) is 0 Å². The number of aryl methyl sites for hydroxylation is 1. The van der Waals surface area contributed by atoms with Gasteiger partial charge in [0.05, 0.1) is 6.10 Å². The molecule has 0 spiro atoms. The number of nitrogens with one attached hydrogen (secondary N) is 2. The van der Waals surface area contributed by atoms with Gasteiger partial charge in [-0.25, -0.2) is 9.59 Å². The maximum absolute atomic E-state index is 12.8. The first-order chi connectivity index (χ1) is 16.8. The highest BCUT2D eigenvalue weighted by molar-refractivity contribution is 6.02. The lowest BCUT2D eigenvalue weighted by Gasteiger charge is -2.20. The van der Waals surface area contributed by atoms with Crippen LogP contribution < -0.4 is 10.6 Å². The molecule has 1 heterocycles. The van der Waals surface area contributed by atoms with Crippen molar-refractivity contribution >= 4 is 23.8 Å². The van der Waals surface area contributed by atoms with E-state index in [1.807, 2.05) is 48.5 Å². The summed E-state index contributed by atoms with van der Waals surface area (Å²) in [6, 6.07) is 14.7. The number of anilines is 1. The number of carboxylic acid groups (broad SMARTS) is 1. The molecule has 0 fully saturated rings. The molecular weight excluding hydrogens is 452 g/mol. The molecule has 3 N–H and O–H groups in total. The lowest BCUT2D eigenvalue weighted by molar-refractivity contribution is -0.142. The largest absolute Gasteiger partial charge is 0.480 e. The molecule has 3 aromatic rings. The smallest absolute Gasteiger partial charge is 0.412 e. The van der Waals surface area contributed by atoms with Gasteiger partial charge in [-0.05, 0) is 29.2 Å². The van der Waals surface area contributed by atoms with Crippen molar-refractivity contribution in [2.24, 2.45) is 7.05 Å². The summed E-state index contributed by atoms with van der Waals surface area (Å²) in [5.41, 5.74) is 4.37. The molecule has 0 saturated carbocycles. The zero-order valence-electron chi connectivity index (χ0n) is 19.5. The SMILES string of the molecule is CO[C@H](C)[C@H](NC(=O)c1cn(C)nc1NC(=O)OCC1c2ccccc2-c2ccccc21)C(=O)O. The number of fused-ring (bicyclic) bond motifs is 3. The molecule has 10 heteroatoms. The fourth-order valence-corrected chi connectivity index (χ4v) is 4.21. The molecule has 35 heavy (non-hydrogen) atoms. The molecule has 0 saturated heterocycles. The van der Waals surface area contributed by atoms with Gasteiger partial charge in [-0.15, -0.1) is 0 Å². The minimum Gasteiger partial charge on any atom is -0.480 e. The average Bonchev–Trinajstić information content (AvgIpc) is 3.37. The van der Waals surface area contributed by atoms with E-state index in [0.29, 0.717) is 0 Å². The molecule has 182 valence electrons. The fourth-order valence-electron chi connectivity index (χ4n) is 4.21. The van der Waals surface area contributed by atoms with Crippen LogP contribution in [0.15, 0.2) is 54.7 Å². The number of carboxylic acids is 1. The molecule has 0 aliphatic heterocycles. The number of ether oxygens (including phenoxy) is 2. The second-order valence-corrected chi connectivity index (χ2v) is 8.25. The average molecular weight is 479 g/mol. The Morgan fingerprint density at radius 1 is 1.09 bits per heavy atom. The van der Waals surface area contributed by atoms with E-state index in [9.17, 15) is 19.5 Å². The first kappa shape index (κ1) is 24.0. The summed E-state index contributed by atoms with van der Waals surface area (Å²) < 4.78 is 11.9. The van der Waals surface area contributed by atoms with Gasteiger partial charge in [0, 0.05) is 26.3 Å². The molecule has 4 rings (SSSR count). The third-order valence-corrected chi connectivity index (χ3v) is 6.03. The number of carbonyl (C=O) groups is 3. The van der Waals surface area contributed by atoms with E-state index in [0.717, 1.165) is 22.3 Å². The van der Waals surface area contributed by atoms with Crippen molar-refractivity contribution in [2.45, 2.75) is 25.0 Å². The molecule has 1 aliphatic carbocycles. The number of hydrogen-bond donors (Lipinski definition) is 3. The highest BCUT2D eigenvalue weighted by Crippen LogP contribution is 2.44. The second-order valence-electron chi connectivity index (χ2n) is 8.25. The number of methoxy groups -OCH3 is 1. The van der Waals surface area contributed by atoms with Crippen molar-refractivity contribution in [2.75, 3.05) is 19.0 Å². The third kappa shape index (κ3) is 4.87. The predicted octanol–water partition coefficient (Wildman–Crippen LogP) is 3.00. The van der Waals surface area contributed by atoms with Crippen LogP contribution in [0.4, 0.5) is 10.6 Å². The highest BCUT2D eigenvalue weighted by Gasteiger charge is 2.31. The van der Waals surface area contributed by atoms with Gasteiger partial charge in [-0.2, -0.15) is 5.10 Å². The Bertz CT molecular complexity index is 1220. The van der Waals surface area contributed by atoms with Gasteiger partial charge in [-0.1, -0.05) is 48.5 Å². The molecule has 1 aliphatic rings. The fraction of sp³-hybridized carbons (Fsp3) is 0.280. The summed E-state index contributed by atoms with van der Waals surface area (Å²) in [6.45, 7) is 1.62.